The quantitative estimate of drug-likeness (QED) is 0.707. The van der Waals surface area contributed by atoms with Crippen LogP contribution in [0.4, 0.5) is 5.95 Å². The van der Waals surface area contributed by atoms with Crippen molar-refractivity contribution in [2.75, 3.05) is 38.2 Å². The molecule has 7 heteroatoms. The first-order valence-corrected chi connectivity index (χ1v) is 9.39. The molecule has 1 atom stereocenters. The second-order valence-electron chi connectivity index (χ2n) is 6.53. The van der Waals surface area contributed by atoms with Gasteiger partial charge in [-0.15, -0.1) is 0 Å². The number of anilines is 1. The molecular formula is C20H21ClN4O2. The van der Waals surface area contributed by atoms with Crippen LogP contribution in [0.3, 0.4) is 0 Å². The first-order chi connectivity index (χ1) is 13.2. The number of hydrogen-bond acceptors (Lipinski definition) is 5. The second kappa shape index (κ2) is 8.08. The van der Waals surface area contributed by atoms with Crippen molar-refractivity contribution in [1.82, 2.24) is 14.9 Å². The Labute approximate surface area is 162 Å². The Hall–Kier alpha value is -2.41. The molecule has 0 amide bonds. The summed E-state index contributed by atoms with van der Waals surface area (Å²) in [6.45, 7) is 3.76. The minimum absolute atomic E-state index is 0.128. The summed E-state index contributed by atoms with van der Waals surface area (Å²) in [5.74, 6) is 0.478. The van der Waals surface area contributed by atoms with Crippen molar-refractivity contribution in [3.63, 3.8) is 0 Å². The Bertz CT molecular complexity index is 968. The van der Waals surface area contributed by atoms with Gasteiger partial charge in [0.1, 0.15) is 0 Å². The van der Waals surface area contributed by atoms with Crippen molar-refractivity contribution >= 4 is 28.5 Å². The molecule has 3 aromatic rings. The normalized spacial score (nSPS) is 16.3. The van der Waals surface area contributed by atoms with Crippen molar-refractivity contribution in [3.8, 4) is 0 Å². The van der Waals surface area contributed by atoms with Crippen LogP contribution in [0.15, 0.2) is 53.3 Å². The third-order valence-corrected chi connectivity index (χ3v) is 5.07. The molecule has 1 unspecified atom stereocenters. The van der Waals surface area contributed by atoms with Crippen LogP contribution in [0.1, 0.15) is 11.6 Å². The fourth-order valence-electron chi connectivity index (χ4n) is 3.40. The topological polar surface area (TPSA) is 70.2 Å². The van der Waals surface area contributed by atoms with Gasteiger partial charge in [0.15, 0.2) is 0 Å². The van der Waals surface area contributed by atoms with Gasteiger partial charge in [-0.3, -0.25) is 14.7 Å². The fraction of sp³-hybridized carbons (Fsp3) is 0.300. The number of nitrogens with one attached hydrogen (secondary N) is 2. The van der Waals surface area contributed by atoms with E-state index in [-0.39, 0.29) is 11.6 Å². The number of hydrogen-bond donors (Lipinski definition) is 2. The molecule has 2 N–H and O–H groups in total. The highest BCUT2D eigenvalue weighted by molar-refractivity contribution is 6.30. The summed E-state index contributed by atoms with van der Waals surface area (Å²) in [5.41, 5.74) is 1.70. The molecule has 1 aromatic heterocycles. The molecule has 2 heterocycles. The second-order valence-corrected chi connectivity index (χ2v) is 6.96. The number of nitrogens with zero attached hydrogens (tertiary/aromatic N) is 2. The lowest BCUT2D eigenvalue weighted by Gasteiger charge is -2.35. The van der Waals surface area contributed by atoms with Crippen LogP contribution in [-0.4, -0.2) is 47.7 Å². The number of para-hydroxylation sites is 1. The van der Waals surface area contributed by atoms with Gasteiger partial charge >= 0.3 is 0 Å². The van der Waals surface area contributed by atoms with E-state index in [0.717, 1.165) is 31.9 Å². The Morgan fingerprint density at radius 3 is 2.67 bits per heavy atom. The third-order valence-electron chi connectivity index (χ3n) is 4.82. The van der Waals surface area contributed by atoms with Crippen LogP contribution in [0.5, 0.6) is 0 Å². The van der Waals surface area contributed by atoms with Crippen LogP contribution in [0.25, 0.3) is 10.9 Å². The first-order valence-electron chi connectivity index (χ1n) is 9.01. The van der Waals surface area contributed by atoms with Crippen LogP contribution >= 0.6 is 11.6 Å². The smallest absolute Gasteiger partial charge is 0.260 e. The summed E-state index contributed by atoms with van der Waals surface area (Å²) in [7, 11) is 0. The lowest BCUT2D eigenvalue weighted by Crippen LogP contribution is -2.41. The number of aromatic amines is 1. The van der Waals surface area contributed by atoms with Gasteiger partial charge in [0, 0.05) is 24.7 Å². The molecule has 1 saturated heterocycles. The Morgan fingerprint density at radius 1 is 1.15 bits per heavy atom. The van der Waals surface area contributed by atoms with Crippen molar-refractivity contribution in [3.05, 3.63) is 69.5 Å². The highest BCUT2D eigenvalue weighted by Gasteiger charge is 2.22. The van der Waals surface area contributed by atoms with Gasteiger partial charge in [-0.25, -0.2) is 4.98 Å². The van der Waals surface area contributed by atoms with Gasteiger partial charge in [-0.05, 0) is 29.8 Å². The van der Waals surface area contributed by atoms with Gasteiger partial charge in [-0.2, -0.15) is 0 Å². The Morgan fingerprint density at radius 2 is 1.89 bits per heavy atom. The van der Waals surface area contributed by atoms with E-state index in [4.69, 9.17) is 16.3 Å². The SMILES string of the molecule is O=c1[nH]c(NCC(c2ccc(Cl)cc2)N2CCOCC2)nc2ccccc12. The molecule has 1 aliphatic rings. The summed E-state index contributed by atoms with van der Waals surface area (Å²) in [6.07, 6.45) is 0. The Balaban J connectivity index is 1.58. The molecule has 0 bridgehead atoms. The predicted molar refractivity (Wildman–Crippen MR) is 107 cm³/mol. The molecule has 1 aliphatic heterocycles. The molecule has 0 aliphatic carbocycles. The first kappa shape index (κ1) is 18.0. The number of ether oxygens (including phenoxy) is 1. The van der Waals surface area contributed by atoms with Crippen molar-refractivity contribution in [2.24, 2.45) is 0 Å². The summed E-state index contributed by atoms with van der Waals surface area (Å²) in [4.78, 5) is 22.0. The van der Waals surface area contributed by atoms with E-state index in [1.54, 1.807) is 6.07 Å². The van der Waals surface area contributed by atoms with Crippen LogP contribution in [0, 0.1) is 0 Å². The van der Waals surface area contributed by atoms with Gasteiger partial charge in [0.2, 0.25) is 5.95 Å². The maximum absolute atomic E-state index is 12.3. The highest BCUT2D eigenvalue weighted by atomic mass is 35.5. The van der Waals surface area contributed by atoms with E-state index >= 15 is 0 Å². The van der Waals surface area contributed by atoms with E-state index in [9.17, 15) is 4.79 Å². The maximum Gasteiger partial charge on any atom is 0.260 e. The number of aromatic nitrogens is 2. The number of benzene rings is 2. The molecule has 0 spiro atoms. The average Bonchev–Trinajstić information content (AvgIpc) is 2.70. The number of H-pyrrole nitrogens is 1. The number of halogens is 1. The largest absolute Gasteiger partial charge is 0.379 e. The third kappa shape index (κ3) is 4.13. The molecule has 2 aromatic carbocycles. The molecule has 6 nitrogen and oxygen atoms in total. The van der Waals surface area contributed by atoms with Gasteiger partial charge in [0.05, 0.1) is 30.2 Å². The van der Waals surface area contributed by atoms with Crippen LogP contribution in [-0.2, 0) is 4.74 Å². The van der Waals surface area contributed by atoms with E-state index in [2.05, 4.69) is 20.2 Å². The lowest BCUT2D eigenvalue weighted by molar-refractivity contribution is 0.0187. The van der Waals surface area contributed by atoms with Crippen LogP contribution < -0.4 is 10.9 Å². The zero-order chi connectivity index (χ0) is 18.6. The minimum Gasteiger partial charge on any atom is -0.379 e. The van der Waals surface area contributed by atoms with Gasteiger partial charge < -0.3 is 10.1 Å². The Kier molecular flexibility index (Phi) is 5.38. The van der Waals surface area contributed by atoms with Crippen molar-refractivity contribution < 1.29 is 4.74 Å². The summed E-state index contributed by atoms with van der Waals surface area (Å²) in [5, 5.41) is 4.61. The predicted octanol–water partition coefficient (Wildman–Crippen LogP) is 3.06. The summed E-state index contributed by atoms with van der Waals surface area (Å²) in [6, 6.07) is 15.3. The number of rotatable bonds is 5. The molecule has 0 radical (unpaired) electrons. The van der Waals surface area contributed by atoms with E-state index in [1.165, 1.54) is 0 Å². The minimum atomic E-state index is -0.141. The highest BCUT2D eigenvalue weighted by Crippen LogP contribution is 2.24. The van der Waals surface area contributed by atoms with E-state index < -0.39 is 0 Å². The van der Waals surface area contributed by atoms with Crippen molar-refractivity contribution in [2.45, 2.75) is 6.04 Å². The lowest BCUT2D eigenvalue weighted by atomic mass is 10.0. The van der Waals surface area contributed by atoms with Crippen molar-refractivity contribution in [1.29, 1.82) is 0 Å². The average molecular weight is 385 g/mol. The molecule has 1 fully saturated rings. The molecular weight excluding hydrogens is 364 g/mol. The van der Waals surface area contributed by atoms with Gasteiger partial charge in [0.25, 0.3) is 5.56 Å². The number of morpholine rings is 1. The van der Waals surface area contributed by atoms with E-state index in [1.807, 2.05) is 42.5 Å². The molecule has 4 rings (SSSR count). The zero-order valence-electron chi connectivity index (χ0n) is 14.8. The van der Waals surface area contributed by atoms with Crippen LogP contribution in [0.2, 0.25) is 5.02 Å². The summed E-state index contributed by atoms with van der Waals surface area (Å²) < 4.78 is 5.49. The summed E-state index contributed by atoms with van der Waals surface area (Å²) >= 11 is 6.05. The zero-order valence-corrected chi connectivity index (χ0v) is 15.6. The monoisotopic (exact) mass is 384 g/mol. The fourth-order valence-corrected chi connectivity index (χ4v) is 3.52. The maximum atomic E-state index is 12.3. The molecule has 140 valence electrons. The van der Waals surface area contributed by atoms with E-state index in [0.29, 0.717) is 28.4 Å². The molecule has 0 saturated carbocycles. The molecule has 27 heavy (non-hydrogen) atoms. The van der Waals surface area contributed by atoms with Gasteiger partial charge in [-0.1, -0.05) is 35.9 Å². The number of fused-ring (bicyclic) bond motifs is 1. The standard InChI is InChI=1S/C20H21ClN4O2/c21-15-7-5-14(6-8-15)18(25-9-11-27-12-10-25)13-22-20-23-17-4-2-1-3-16(17)19(26)24-20/h1-8,18H,9-13H2,(H2,22,23,24,26).